The molecule has 0 radical (unpaired) electrons. The molecule has 0 bridgehead atoms. The summed E-state index contributed by atoms with van der Waals surface area (Å²) in [5.41, 5.74) is 1.21. The van der Waals surface area contributed by atoms with Gasteiger partial charge in [0.15, 0.2) is 0 Å². The van der Waals surface area contributed by atoms with Crippen LogP contribution in [0.2, 0.25) is 5.02 Å². The normalized spacial score (nSPS) is 22.8. The largest absolute Gasteiger partial charge is 0.450 e. The lowest BCUT2D eigenvalue weighted by Gasteiger charge is -2.43. The fraction of sp³-hybridized carbons (Fsp3) is 0.632. The second-order valence-electron chi connectivity index (χ2n) is 6.84. The maximum absolute atomic E-state index is 11.8. The Morgan fingerprint density at radius 3 is 2.68 bits per heavy atom. The Morgan fingerprint density at radius 2 is 1.96 bits per heavy atom. The molecule has 2 aliphatic rings. The minimum absolute atomic E-state index is 0.175. The van der Waals surface area contributed by atoms with Crippen LogP contribution in [0.15, 0.2) is 24.3 Å². The summed E-state index contributed by atoms with van der Waals surface area (Å²) in [6.07, 6.45) is 2.28. The van der Waals surface area contributed by atoms with Gasteiger partial charge in [0.1, 0.15) is 0 Å². The molecule has 3 rings (SSSR count). The number of piperidine rings is 1. The molecule has 5 nitrogen and oxygen atoms in total. The number of hydrogen-bond donors (Lipinski definition) is 0. The highest BCUT2D eigenvalue weighted by atomic mass is 35.5. The quantitative estimate of drug-likeness (QED) is 0.821. The highest BCUT2D eigenvalue weighted by Crippen LogP contribution is 2.22. The van der Waals surface area contributed by atoms with E-state index in [0.29, 0.717) is 12.6 Å². The van der Waals surface area contributed by atoms with Crippen LogP contribution in [0.25, 0.3) is 0 Å². The number of carbonyl (C=O) groups is 1. The fourth-order valence-electron chi connectivity index (χ4n) is 3.82. The molecule has 6 heteroatoms. The van der Waals surface area contributed by atoms with E-state index in [1.54, 1.807) is 0 Å². The number of halogens is 1. The van der Waals surface area contributed by atoms with Crippen LogP contribution in [-0.4, -0.2) is 72.7 Å². The van der Waals surface area contributed by atoms with Gasteiger partial charge in [0.2, 0.25) is 0 Å². The highest BCUT2D eigenvalue weighted by Gasteiger charge is 2.29. The van der Waals surface area contributed by atoms with Gasteiger partial charge in [-0.3, -0.25) is 9.80 Å². The molecule has 0 saturated carbocycles. The van der Waals surface area contributed by atoms with Crippen molar-refractivity contribution in [3.05, 3.63) is 34.9 Å². The maximum atomic E-state index is 11.8. The molecule has 25 heavy (non-hydrogen) atoms. The molecule has 2 saturated heterocycles. The lowest BCUT2D eigenvalue weighted by molar-refractivity contribution is 0.0412. The number of likely N-dealkylation sites (tertiary alicyclic amines) is 1. The molecule has 0 unspecified atom stereocenters. The van der Waals surface area contributed by atoms with Gasteiger partial charge in [-0.05, 0) is 37.9 Å². The minimum atomic E-state index is -0.175. The molecule has 2 heterocycles. The van der Waals surface area contributed by atoms with Crippen LogP contribution in [0.5, 0.6) is 0 Å². The third-order valence-electron chi connectivity index (χ3n) is 5.19. The van der Waals surface area contributed by atoms with Gasteiger partial charge < -0.3 is 9.64 Å². The minimum Gasteiger partial charge on any atom is -0.450 e. The van der Waals surface area contributed by atoms with E-state index < -0.39 is 0 Å². The number of nitrogens with zero attached hydrogens (tertiary/aromatic N) is 3. The van der Waals surface area contributed by atoms with E-state index >= 15 is 0 Å². The van der Waals surface area contributed by atoms with Crippen molar-refractivity contribution >= 4 is 17.7 Å². The number of hydrogen-bond acceptors (Lipinski definition) is 4. The third-order valence-corrected chi connectivity index (χ3v) is 5.56. The molecule has 1 aromatic rings. The number of carbonyl (C=O) groups excluding carboxylic acids is 1. The van der Waals surface area contributed by atoms with E-state index in [1.165, 1.54) is 18.4 Å². The maximum Gasteiger partial charge on any atom is 0.409 e. The second-order valence-corrected chi connectivity index (χ2v) is 7.25. The first-order valence-corrected chi connectivity index (χ1v) is 9.66. The Balaban J connectivity index is 1.51. The van der Waals surface area contributed by atoms with Gasteiger partial charge in [-0.1, -0.05) is 29.8 Å². The van der Waals surface area contributed by atoms with Crippen molar-refractivity contribution in [2.75, 3.05) is 45.9 Å². The molecule has 0 spiro atoms. The van der Waals surface area contributed by atoms with Crippen molar-refractivity contribution in [3.8, 4) is 0 Å². The van der Waals surface area contributed by atoms with Gasteiger partial charge in [0, 0.05) is 50.3 Å². The molecule has 1 atom stereocenters. The number of rotatable bonds is 4. The second kappa shape index (κ2) is 8.88. The summed E-state index contributed by atoms with van der Waals surface area (Å²) in [4.78, 5) is 18.7. The lowest BCUT2D eigenvalue weighted by atomic mass is 10.0. The van der Waals surface area contributed by atoms with E-state index in [0.717, 1.165) is 50.8 Å². The number of benzene rings is 1. The predicted octanol–water partition coefficient (Wildman–Crippen LogP) is 3.08. The van der Waals surface area contributed by atoms with Crippen molar-refractivity contribution in [2.24, 2.45) is 0 Å². The number of ether oxygens (including phenoxy) is 1. The van der Waals surface area contributed by atoms with E-state index in [4.69, 9.17) is 16.3 Å². The van der Waals surface area contributed by atoms with Crippen LogP contribution in [0, 0.1) is 0 Å². The zero-order chi connectivity index (χ0) is 17.6. The summed E-state index contributed by atoms with van der Waals surface area (Å²) in [5, 5.41) is 0.854. The standard InChI is InChI=1S/C19H28ClN3O2/c1-2-25-19(24)23-12-10-22(11-13-23)17-7-5-9-21(15-17)14-16-6-3-4-8-18(16)20/h3-4,6,8,17H,2,5,7,9-15H2,1H3/t17-/m1/s1. The van der Waals surface area contributed by atoms with Crippen molar-refractivity contribution in [1.29, 1.82) is 0 Å². The molecule has 0 N–H and O–H groups in total. The van der Waals surface area contributed by atoms with Gasteiger partial charge in [-0.15, -0.1) is 0 Å². The Labute approximate surface area is 155 Å². The monoisotopic (exact) mass is 365 g/mol. The van der Waals surface area contributed by atoms with Crippen LogP contribution in [-0.2, 0) is 11.3 Å². The Bertz CT molecular complexity index is 576. The SMILES string of the molecule is CCOC(=O)N1CCN([C@@H]2CCCN(Cc3ccccc3Cl)C2)CC1. The third kappa shape index (κ3) is 4.87. The molecule has 2 fully saturated rings. The predicted molar refractivity (Wildman–Crippen MR) is 99.9 cm³/mol. The molecule has 0 aliphatic carbocycles. The van der Waals surface area contributed by atoms with Gasteiger partial charge in [0.05, 0.1) is 6.61 Å². The van der Waals surface area contributed by atoms with Gasteiger partial charge >= 0.3 is 6.09 Å². The highest BCUT2D eigenvalue weighted by molar-refractivity contribution is 6.31. The van der Waals surface area contributed by atoms with Crippen molar-refractivity contribution < 1.29 is 9.53 Å². The molecule has 2 aliphatic heterocycles. The van der Waals surface area contributed by atoms with Gasteiger partial charge in [-0.25, -0.2) is 4.79 Å². The van der Waals surface area contributed by atoms with E-state index in [2.05, 4.69) is 21.9 Å². The van der Waals surface area contributed by atoms with Crippen molar-refractivity contribution in [3.63, 3.8) is 0 Å². The van der Waals surface area contributed by atoms with E-state index in [9.17, 15) is 4.79 Å². The molecule has 1 amide bonds. The summed E-state index contributed by atoms with van der Waals surface area (Å²) in [6, 6.07) is 8.68. The Hall–Kier alpha value is -1.30. The smallest absolute Gasteiger partial charge is 0.409 e. The first-order valence-electron chi connectivity index (χ1n) is 9.29. The topological polar surface area (TPSA) is 36.0 Å². The Kier molecular flexibility index (Phi) is 6.57. The number of piperazine rings is 1. The van der Waals surface area contributed by atoms with E-state index in [1.807, 2.05) is 24.0 Å². The summed E-state index contributed by atoms with van der Waals surface area (Å²) >= 11 is 6.31. The summed E-state index contributed by atoms with van der Waals surface area (Å²) < 4.78 is 5.10. The fourth-order valence-corrected chi connectivity index (χ4v) is 4.02. The van der Waals surface area contributed by atoms with Crippen LogP contribution < -0.4 is 0 Å². The summed E-state index contributed by atoms with van der Waals surface area (Å²) in [6.45, 7) is 8.81. The zero-order valence-corrected chi connectivity index (χ0v) is 15.7. The van der Waals surface area contributed by atoms with Crippen LogP contribution in [0.3, 0.4) is 0 Å². The molecule has 138 valence electrons. The summed E-state index contributed by atoms with van der Waals surface area (Å²) in [5.74, 6) is 0. The van der Waals surface area contributed by atoms with Crippen LogP contribution in [0.1, 0.15) is 25.3 Å². The van der Waals surface area contributed by atoms with Crippen LogP contribution >= 0.6 is 11.6 Å². The Morgan fingerprint density at radius 1 is 1.20 bits per heavy atom. The average molecular weight is 366 g/mol. The average Bonchev–Trinajstić information content (AvgIpc) is 2.64. The van der Waals surface area contributed by atoms with Crippen molar-refractivity contribution in [2.45, 2.75) is 32.4 Å². The zero-order valence-electron chi connectivity index (χ0n) is 15.0. The molecular formula is C19H28ClN3O2. The molecule has 0 aromatic heterocycles. The molecule has 1 aromatic carbocycles. The number of amides is 1. The van der Waals surface area contributed by atoms with Crippen LogP contribution in [0.4, 0.5) is 4.79 Å². The van der Waals surface area contributed by atoms with Crippen molar-refractivity contribution in [1.82, 2.24) is 14.7 Å². The lowest BCUT2D eigenvalue weighted by Crippen LogP contribution is -2.55. The summed E-state index contributed by atoms with van der Waals surface area (Å²) in [7, 11) is 0. The first-order chi connectivity index (χ1) is 12.2. The first kappa shape index (κ1) is 18.5. The van der Waals surface area contributed by atoms with Gasteiger partial charge in [-0.2, -0.15) is 0 Å². The van der Waals surface area contributed by atoms with Gasteiger partial charge in [0.25, 0.3) is 0 Å². The molecular weight excluding hydrogens is 338 g/mol. The van der Waals surface area contributed by atoms with E-state index in [-0.39, 0.29) is 6.09 Å².